The highest BCUT2D eigenvalue weighted by atomic mass is 35.5. The number of hydrogen-bond acceptors (Lipinski definition) is 1. The van der Waals surface area contributed by atoms with Gasteiger partial charge in [0.25, 0.3) is 0 Å². The van der Waals surface area contributed by atoms with Crippen LogP contribution in [0, 0.1) is 11.3 Å². The number of aromatic nitrogens is 1. The van der Waals surface area contributed by atoms with Gasteiger partial charge in [-0.2, -0.15) is 5.26 Å². The molecule has 0 bridgehead atoms. The largest absolute Gasteiger partial charge is 0.326 e. The Labute approximate surface area is 129 Å². The van der Waals surface area contributed by atoms with Gasteiger partial charge >= 0.3 is 0 Å². The van der Waals surface area contributed by atoms with Crippen LogP contribution in [0.4, 0.5) is 0 Å². The van der Waals surface area contributed by atoms with Crippen molar-refractivity contribution < 1.29 is 0 Å². The highest BCUT2D eigenvalue weighted by molar-refractivity contribution is 6.32. The van der Waals surface area contributed by atoms with Gasteiger partial charge in [0.2, 0.25) is 0 Å². The molecule has 0 aliphatic heterocycles. The normalized spacial score (nSPS) is 10.7. The monoisotopic (exact) mass is 294 g/mol. The molecule has 0 aliphatic carbocycles. The number of halogens is 1. The fourth-order valence-corrected chi connectivity index (χ4v) is 3.05. The van der Waals surface area contributed by atoms with Gasteiger partial charge in [-0.15, -0.1) is 0 Å². The molecule has 0 saturated heterocycles. The highest BCUT2D eigenvalue weighted by Crippen LogP contribution is 2.32. The lowest BCUT2D eigenvalue weighted by Crippen LogP contribution is -2.01. The van der Waals surface area contributed by atoms with Crippen molar-refractivity contribution in [2.45, 2.75) is 19.9 Å². The summed E-state index contributed by atoms with van der Waals surface area (Å²) >= 11 is 6.47. The van der Waals surface area contributed by atoms with E-state index in [1.54, 1.807) is 0 Å². The van der Waals surface area contributed by atoms with Gasteiger partial charge in [-0.1, -0.05) is 67.1 Å². The van der Waals surface area contributed by atoms with E-state index < -0.39 is 0 Å². The maximum Gasteiger partial charge on any atom is 0.128 e. The minimum absolute atomic E-state index is 0.525. The summed E-state index contributed by atoms with van der Waals surface area (Å²) < 4.78 is 2.05. The number of fused-ring (bicyclic) bond motifs is 1. The van der Waals surface area contributed by atoms with E-state index in [4.69, 9.17) is 11.6 Å². The van der Waals surface area contributed by atoms with Crippen LogP contribution in [0.5, 0.6) is 0 Å². The second-order valence-corrected chi connectivity index (χ2v) is 5.37. The third-order valence-electron chi connectivity index (χ3n) is 3.78. The maximum absolute atomic E-state index is 9.41. The SMILES string of the molecule is CCc1cccc2c(C#N)c(Cl)n(Cc3ccccc3)c12. The van der Waals surface area contributed by atoms with Crippen molar-refractivity contribution in [2.75, 3.05) is 0 Å². The van der Waals surface area contributed by atoms with Gasteiger partial charge in [0.1, 0.15) is 11.2 Å². The quantitative estimate of drug-likeness (QED) is 0.683. The molecule has 0 radical (unpaired) electrons. The Morgan fingerprint density at radius 2 is 1.86 bits per heavy atom. The number of para-hydroxylation sites is 1. The first-order valence-corrected chi connectivity index (χ1v) is 7.37. The van der Waals surface area contributed by atoms with Crippen molar-refractivity contribution in [3.05, 3.63) is 70.4 Å². The summed E-state index contributed by atoms with van der Waals surface area (Å²) in [5.41, 5.74) is 4.03. The molecule has 104 valence electrons. The Kier molecular flexibility index (Phi) is 3.68. The number of hydrogen-bond donors (Lipinski definition) is 0. The van der Waals surface area contributed by atoms with E-state index in [2.05, 4.69) is 31.2 Å². The zero-order chi connectivity index (χ0) is 14.8. The molecule has 2 nitrogen and oxygen atoms in total. The fourth-order valence-electron chi connectivity index (χ4n) is 2.76. The van der Waals surface area contributed by atoms with E-state index in [9.17, 15) is 5.26 Å². The van der Waals surface area contributed by atoms with Crippen molar-refractivity contribution in [3.63, 3.8) is 0 Å². The molecule has 21 heavy (non-hydrogen) atoms. The average Bonchev–Trinajstić information content (AvgIpc) is 2.80. The molecule has 2 aromatic carbocycles. The summed E-state index contributed by atoms with van der Waals surface area (Å²) in [7, 11) is 0. The van der Waals surface area contributed by atoms with Crippen LogP contribution in [0.1, 0.15) is 23.6 Å². The molecule has 3 heteroatoms. The van der Waals surface area contributed by atoms with Gasteiger partial charge in [0.05, 0.1) is 11.1 Å². The molecule has 0 aliphatic rings. The summed E-state index contributed by atoms with van der Waals surface area (Å²) in [5.74, 6) is 0. The van der Waals surface area contributed by atoms with Crippen LogP contribution < -0.4 is 0 Å². The van der Waals surface area contributed by atoms with E-state index in [1.807, 2.05) is 34.9 Å². The zero-order valence-electron chi connectivity index (χ0n) is 11.8. The van der Waals surface area contributed by atoms with Gasteiger partial charge in [-0.3, -0.25) is 0 Å². The van der Waals surface area contributed by atoms with E-state index in [1.165, 1.54) is 11.1 Å². The zero-order valence-corrected chi connectivity index (χ0v) is 12.6. The van der Waals surface area contributed by atoms with Gasteiger partial charge in [0, 0.05) is 11.9 Å². The molecule has 0 unspecified atom stereocenters. The Hall–Kier alpha value is -2.24. The molecule has 3 aromatic rings. The predicted octanol–water partition coefficient (Wildman–Crippen LogP) is 4.78. The first-order chi connectivity index (χ1) is 10.3. The van der Waals surface area contributed by atoms with Crippen LogP contribution in [-0.2, 0) is 13.0 Å². The van der Waals surface area contributed by atoms with E-state index in [-0.39, 0.29) is 0 Å². The van der Waals surface area contributed by atoms with Crippen molar-refractivity contribution >= 4 is 22.5 Å². The van der Waals surface area contributed by atoms with Crippen molar-refractivity contribution in [1.29, 1.82) is 5.26 Å². The molecule has 0 fully saturated rings. The number of rotatable bonds is 3. The predicted molar refractivity (Wildman–Crippen MR) is 86.6 cm³/mol. The first-order valence-electron chi connectivity index (χ1n) is 6.99. The van der Waals surface area contributed by atoms with E-state index >= 15 is 0 Å². The smallest absolute Gasteiger partial charge is 0.128 e. The summed E-state index contributed by atoms with van der Waals surface area (Å²) in [5, 5.41) is 10.9. The summed E-state index contributed by atoms with van der Waals surface area (Å²) in [6.07, 6.45) is 0.914. The van der Waals surface area contributed by atoms with Gasteiger partial charge in [-0.05, 0) is 17.5 Å². The standard InChI is InChI=1S/C18H15ClN2/c1-2-14-9-6-10-15-16(11-20)18(19)21(17(14)15)12-13-7-4-3-5-8-13/h3-10H,2,12H2,1H3. The average molecular weight is 295 g/mol. The molecule has 0 amide bonds. The molecule has 0 spiro atoms. The van der Waals surface area contributed by atoms with E-state index in [0.717, 1.165) is 17.3 Å². The maximum atomic E-state index is 9.41. The minimum atomic E-state index is 0.525. The fraction of sp³-hybridized carbons (Fsp3) is 0.167. The summed E-state index contributed by atoms with van der Waals surface area (Å²) in [6, 6.07) is 18.5. The van der Waals surface area contributed by atoms with Crippen LogP contribution >= 0.6 is 11.6 Å². The second-order valence-electron chi connectivity index (χ2n) is 5.02. The van der Waals surface area contributed by atoms with Crippen LogP contribution in [0.15, 0.2) is 48.5 Å². The number of nitriles is 1. The van der Waals surface area contributed by atoms with E-state index in [0.29, 0.717) is 17.3 Å². The number of nitrogens with zero attached hydrogens (tertiary/aromatic N) is 2. The first kappa shape index (κ1) is 13.7. The molecule has 3 rings (SSSR count). The third-order valence-corrected chi connectivity index (χ3v) is 4.17. The Balaban J connectivity index is 2.26. The lowest BCUT2D eigenvalue weighted by Gasteiger charge is -2.10. The third kappa shape index (κ3) is 2.30. The Morgan fingerprint density at radius 1 is 1.10 bits per heavy atom. The number of aryl methyl sites for hydroxylation is 1. The lowest BCUT2D eigenvalue weighted by atomic mass is 10.1. The molecular weight excluding hydrogens is 280 g/mol. The van der Waals surface area contributed by atoms with Crippen molar-refractivity contribution in [2.24, 2.45) is 0 Å². The molecular formula is C18H15ClN2. The minimum Gasteiger partial charge on any atom is -0.326 e. The van der Waals surface area contributed by atoms with Gasteiger partial charge in [-0.25, -0.2) is 0 Å². The Morgan fingerprint density at radius 3 is 2.52 bits per heavy atom. The summed E-state index contributed by atoms with van der Waals surface area (Å²) in [6.45, 7) is 2.80. The van der Waals surface area contributed by atoms with Gasteiger partial charge < -0.3 is 4.57 Å². The topological polar surface area (TPSA) is 28.7 Å². The molecule has 0 saturated carbocycles. The molecule has 1 heterocycles. The Bertz CT molecular complexity index is 826. The van der Waals surface area contributed by atoms with Crippen molar-refractivity contribution in [1.82, 2.24) is 4.57 Å². The van der Waals surface area contributed by atoms with Crippen LogP contribution in [0.3, 0.4) is 0 Å². The number of benzene rings is 2. The highest BCUT2D eigenvalue weighted by Gasteiger charge is 2.17. The second kappa shape index (κ2) is 5.63. The van der Waals surface area contributed by atoms with Crippen LogP contribution in [0.25, 0.3) is 10.9 Å². The van der Waals surface area contributed by atoms with Crippen molar-refractivity contribution in [3.8, 4) is 6.07 Å². The molecule has 0 atom stereocenters. The van der Waals surface area contributed by atoms with Crippen LogP contribution in [0.2, 0.25) is 5.15 Å². The van der Waals surface area contributed by atoms with Gasteiger partial charge in [0.15, 0.2) is 0 Å². The molecule has 0 N–H and O–H groups in total. The summed E-state index contributed by atoms with van der Waals surface area (Å²) in [4.78, 5) is 0. The molecule has 1 aromatic heterocycles. The van der Waals surface area contributed by atoms with Crippen LogP contribution in [-0.4, -0.2) is 4.57 Å². The lowest BCUT2D eigenvalue weighted by molar-refractivity contribution is 0.831.